The molecule has 1 aliphatic rings. The highest BCUT2D eigenvalue weighted by atomic mass is 19.1. The van der Waals surface area contributed by atoms with Crippen LogP contribution in [0, 0.1) is 0 Å². The smallest absolute Gasteiger partial charge is 0.343 e. The van der Waals surface area contributed by atoms with Crippen molar-refractivity contribution in [2.45, 2.75) is 25.4 Å². The molecule has 8 nitrogen and oxygen atoms in total. The molecule has 0 spiro atoms. The van der Waals surface area contributed by atoms with Crippen molar-refractivity contribution in [1.82, 2.24) is 19.5 Å². The van der Waals surface area contributed by atoms with Crippen LogP contribution in [-0.2, 0) is 10.4 Å². The fraction of sp³-hybridized carbons (Fsp3) is 0.333. The fourth-order valence-electron chi connectivity index (χ4n) is 3.68. The van der Waals surface area contributed by atoms with E-state index in [1.807, 2.05) is 6.07 Å². The van der Waals surface area contributed by atoms with Gasteiger partial charge in [-0.1, -0.05) is 30.3 Å². The van der Waals surface area contributed by atoms with Crippen LogP contribution in [-0.4, -0.2) is 56.2 Å². The molecule has 30 heavy (non-hydrogen) atoms. The van der Waals surface area contributed by atoms with E-state index in [0.717, 1.165) is 4.52 Å². The highest BCUT2D eigenvalue weighted by Crippen LogP contribution is 2.37. The van der Waals surface area contributed by atoms with E-state index in [0.29, 0.717) is 5.56 Å². The van der Waals surface area contributed by atoms with Crippen LogP contribution in [0.3, 0.4) is 0 Å². The summed E-state index contributed by atoms with van der Waals surface area (Å²) in [4.78, 5) is 30.5. The number of aromatic hydroxyl groups is 1. The summed E-state index contributed by atoms with van der Waals surface area (Å²) in [5.74, 6) is -1.51. The molecule has 1 saturated heterocycles. The Morgan fingerprint density at radius 1 is 1.17 bits per heavy atom. The minimum atomic E-state index is -1.49. The minimum absolute atomic E-state index is 0.0629. The van der Waals surface area contributed by atoms with E-state index in [-0.39, 0.29) is 49.3 Å². The molecule has 1 aliphatic heterocycles. The summed E-state index contributed by atoms with van der Waals surface area (Å²) in [5, 5.41) is 14.5. The Kier molecular flexibility index (Phi) is 5.11. The monoisotopic (exact) mass is 412 g/mol. The predicted octanol–water partition coefficient (Wildman–Crippen LogP) is 2.71. The van der Waals surface area contributed by atoms with Gasteiger partial charge in [0.25, 0.3) is 5.91 Å². The van der Waals surface area contributed by atoms with Crippen molar-refractivity contribution in [3.8, 4) is 5.88 Å². The van der Waals surface area contributed by atoms with E-state index in [1.165, 1.54) is 17.3 Å². The van der Waals surface area contributed by atoms with Crippen molar-refractivity contribution in [2.75, 3.05) is 19.7 Å². The number of alkyl halides is 1. The van der Waals surface area contributed by atoms with Gasteiger partial charge in [0.1, 0.15) is 16.8 Å². The van der Waals surface area contributed by atoms with Crippen molar-refractivity contribution >= 4 is 17.5 Å². The molecular formula is C21H21FN4O4. The number of esters is 1. The first-order valence-electron chi connectivity index (χ1n) is 9.71. The van der Waals surface area contributed by atoms with Gasteiger partial charge < -0.3 is 14.7 Å². The normalized spacial score (nSPS) is 15.9. The van der Waals surface area contributed by atoms with Gasteiger partial charge in [-0.2, -0.15) is 9.61 Å². The van der Waals surface area contributed by atoms with Crippen molar-refractivity contribution in [3.05, 3.63) is 59.4 Å². The molecule has 1 fully saturated rings. The number of halogens is 1. The number of likely N-dealkylation sites (tertiary alicyclic amines) is 1. The van der Waals surface area contributed by atoms with E-state index < -0.39 is 23.4 Å². The van der Waals surface area contributed by atoms with Gasteiger partial charge in [-0.3, -0.25) is 4.79 Å². The Hall–Kier alpha value is -3.49. The predicted molar refractivity (Wildman–Crippen MR) is 105 cm³/mol. The Morgan fingerprint density at radius 2 is 1.87 bits per heavy atom. The molecule has 156 valence electrons. The number of nitrogens with zero attached hydrogens (tertiary/aromatic N) is 4. The molecule has 0 aliphatic carbocycles. The third-order valence-electron chi connectivity index (χ3n) is 5.36. The Morgan fingerprint density at radius 3 is 2.53 bits per heavy atom. The van der Waals surface area contributed by atoms with Crippen LogP contribution >= 0.6 is 0 Å². The van der Waals surface area contributed by atoms with Gasteiger partial charge in [0.15, 0.2) is 5.65 Å². The van der Waals surface area contributed by atoms with E-state index in [4.69, 9.17) is 4.74 Å². The van der Waals surface area contributed by atoms with Gasteiger partial charge in [0, 0.05) is 32.1 Å². The van der Waals surface area contributed by atoms with Crippen LogP contribution in [0.1, 0.15) is 46.0 Å². The summed E-state index contributed by atoms with van der Waals surface area (Å²) < 4.78 is 21.3. The zero-order valence-corrected chi connectivity index (χ0v) is 16.4. The first-order chi connectivity index (χ1) is 14.4. The molecule has 0 bridgehead atoms. The lowest BCUT2D eigenvalue weighted by molar-refractivity contribution is 0.0418. The van der Waals surface area contributed by atoms with Crippen LogP contribution in [0.15, 0.2) is 42.7 Å². The van der Waals surface area contributed by atoms with E-state index in [2.05, 4.69) is 10.1 Å². The summed E-state index contributed by atoms with van der Waals surface area (Å²) in [6, 6.07) is 8.92. The fourth-order valence-corrected chi connectivity index (χ4v) is 3.68. The molecule has 1 amide bonds. The zero-order valence-electron chi connectivity index (χ0n) is 16.4. The third kappa shape index (κ3) is 3.36. The molecule has 0 unspecified atom stereocenters. The molecule has 1 aromatic carbocycles. The number of amides is 1. The number of aromatic nitrogens is 3. The number of benzene rings is 1. The SMILES string of the molecule is CCOC(=O)c1cnn2c(O)c(C(=O)N3CCC(F)(c4ccccc4)CC3)cnc12. The van der Waals surface area contributed by atoms with Crippen LogP contribution in [0.25, 0.3) is 5.65 Å². The lowest BCUT2D eigenvalue weighted by atomic mass is 9.86. The zero-order chi connectivity index (χ0) is 21.3. The molecule has 4 rings (SSSR count). The number of fused-ring (bicyclic) bond motifs is 1. The molecule has 0 radical (unpaired) electrons. The Balaban J connectivity index is 1.54. The molecule has 0 atom stereocenters. The molecule has 1 N–H and O–H groups in total. The van der Waals surface area contributed by atoms with Crippen molar-refractivity contribution in [2.24, 2.45) is 0 Å². The average molecular weight is 412 g/mol. The van der Waals surface area contributed by atoms with Crippen molar-refractivity contribution in [3.63, 3.8) is 0 Å². The number of carbonyl (C=O) groups is 2. The van der Waals surface area contributed by atoms with E-state index in [9.17, 15) is 14.7 Å². The third-order valence-corrected chi connectivity index (χ3v) is 5.36. The second-order valence-electron chi connectivity index (χ2n) is 7.13. The summed E-state index contributed by atoms with van der Waals surface area (Å²) in [6.07, 6.45) is 2.75. The maximum absolute atomic E-state index is 15.3. The Labute approximate surface area is 171 Å². The first-order valence-corrected chi connectivity index (χ1v) is 9.71. The summed E-state index contributed by atoms with van der Waals surface area (Å²) in [6.45, 7) is 2.27. The maximum atomic E-state index is 15.3. The lowest BCUT2D eigenvalue weighted by Crippen LogP contribution is -2.43. The second kappa shape index (κ2) is 7.74. The van der Waals surface area contributed by atoms with Gasteiger partial charge in [-0.25, -0.2) is 14.2 Å². The van der Waals surface area contributed by atoms with Gasteiger partial charge in [-0.05, 0) is 12.5 Å². The van der Waals surface area contributed by atoms with Gasteiger partial charge >= 0.3 is 5.97 Å². The van der Waals surface area contributed by atoms with Gasteiger partial charge in [0.2, 0.25) is 5.88 Å². The quantitative estimate of drug-likeness (QED) is 0.662. The van der Waals surface area contributed by atoms with E-state index >= 15 is 4.39 Å². The molecule has 2 aromatic heterocycles. The summed E-state index contributed by atoms with van der Waals surface area (Å²) >= 11 is 0. The molecule has 0 saturated carbocycles. The summed E-state index contributed by atoms with van der Waals surface area (Å²) in [5.41, 5.74) is -0.765. The number of hydrogen-bond acceptors (Lipinski definition) is 6. The van der Waals surface area contributed by atoms with Crippen LogP contribution in [0.2, 0.25) is 0 Å². The van der Waals surface area contributed by atoms with Crippen molar-refractivity contribution in [1.29, 1.82) is 0 Å². The minimum Gasteiger partial charge on any atom is -0.493 e. The average Bonchev–Trinajstić information content (AvgIpc) is 3.20. The first kappa shape index (κ1) is 19.8. The number of ether oxygens (including phenoxy) is 1. The number of carbonyl (C=O) groups excluding carboxylic acids is 2. The number of hydrogen-bond donors (Lipinski definition) is 1. The molecule has 3 heterocycles. The number of piperidine rings is 1. The molecular weight excluding hydrogens is 391 g/mol. The van der Waals surface area contributed by atoms with E-state index in [1.54, 1.807) is 31.2 Å². The van der Waals surface area contributed by atoms with Gasteiger partial charge in [0.05, 0.1) is 12.8 Å². The van der Waals surface area contributed by atoms with Gasteiger partial charge in [-0.15, -0.1) is 0 Å². The largest absolute Gasteiger partial charge is 0.493 e. The van der Waals surface area contributed by atoms with Crippen molar-refractivity contribution < 1.29 is 23.8 Å². The maximum Gasteiger partial charge on any atom is 0.343 e. The standard InChI is InChI=1S/C21H21FN4O4/c1-2-30-20(29)15-13-24-26-17(15)23-12-16(19(26)28)18(27)25-10-8-21(22,9-11-25)14-6-4-3-5-7-14/h3-7,12-13,28H,2,8-11H2,1H3. The lowest BCUT2D eigenvalue weighted by Gasteiger charge is -2.36. The van der Waals surface area contributed by atoms with Crippen LogP contribution in [0.4, 0.5) is 4.39 Å². The second-order valence-corrected chi connectivity index (χ2v) is 7.13. The molecule has 9 heteroatoms. The van der Waals surface area contributed by atoms with Crippen LogP contribution < -0.4 is 0 Å². The number of rotatable bonds is 4. The van der Waals surface area contributed by atoms with Crippen LogP contribution in [0.5, 0.6) is 5.88 Å². The Bertz CT molecular complexity index is 1090. The highest BCUT2D eigenvalue weighted by molar-refractivity contribution is 5.98. The topological polar surface area (TPSA) is 97.0 Å². The molecule has 3 aromatic rings. The highest BCUT2D eigenvalue weighted by Gasteiger charge is 2.38. The summed E-state index contributed by atoms with van der Waals surface area (Å²) in [7, 11) is 0.